The molecule has 156 valence electrons. The van der Waals surface area contributed by atoms with E-state index in [1.807, 2.05) is 31.2 Å². The molecule has 0 saturated heterocycles. The lowest BCUT2D eigenvalue weighted by atomic mass is 10.1. The van der Waals surface area contributed by atoms with E-state index >= 15 is 0 Å². The van der Waals surface area contributed by atoms with E-state index in [4.69, 9.17) is 5.11 Å². The topological polar surface area (TPSA) is 59.4 Å². The zero-order chi connectivity index (χ0) is 22.1. The van der Waals surface area contributed by atoms with Crippen molar-refractivity contribution in [3.05, 3.63) is 86.6 Å². The average Bonchev–Trinajstić information content (AvgIpc) is 3.11. The Morgan fingerprint density at radius 3 is 2.43 bits per heavy atom. The number of thiazole rings is 1. The van der Waals surface area contributed by atoms with Crippen LogP contribution in [0.25, 0.3) is 23.2 Å². The Balaban J connectivity index is 0.000000396. The van der Waals surface area contributed by atoms with Crippen LogP contribution in [0.5, 0.6) is 0 Å². The maximum atomic E-state index is 14.5. The van der Waals surface area contributed by atoms with Gasteiger partial charge in [0.25, 0.3) is 0 Å². The Kier molecular flexibility index (Phi) is 8.89. The predicted octanol–water partition coefficient (Wildman–Crippen LogP) is 6.72. The SMILES string of the molecule is COC=CC(=O)O.Cc1ccccc1C=C(F)c1nc(-c2ccc(F)cc2)c(Br)s1. The van der Waals surface area contributed by atoms with E-state index in [0.717, 1.165) is 29.0 Å². The molecule has 0 aliphatic carbocycles. The third kappa shape index (κ3) is 6.89. The number of aliphatic carboxylic acids is 1. The Hall–Kier alpha value is -2.84. The molecule has 0 aliphatic rings. The maximum Gasteiger partial charge on any atom is 0.331 e. The molecule has 0 aliphatic heterocycles. The molecular weight excluding hydrogens is 476 g/mol. The maximum absolute atomic E-state index is 14.5. The fourth-order valence-corrected chi connectivity index (χ4v) is 3.76. The number of carboxylic acid groups (broad SMARTS) is 1. The molecule has 4 nitrogen and oxygen atoms in total. The van der Waals surface area contributed by atoms with Gasteiger partial charge >= 0.3 is 5.97 Å². The van der Waals surface area contributed by atoms with Crippen LogP contribution in [0.15, 0.2) is 64.7 Å². The number of halogens is 3. The van der Waals surface area contributed by atoms with Crippen molar-refractivity contribution in [1.82, 2.24) is 4.98 Å². The smallest absolute Gasteiger partial charge is 0.331 e. The summed E-state index contributed by atoms with van der Waals surface area (Å²) >= 11 is 4.62. The molecule has 0 radical (unpaired) electrons. The van der Waals surface area contributed by atoms with Gasteiger partial charge < -0.3 is 9.84 Å². The third-order valence-electron chi connectivity index (χ3n) is 3.73. The molecule has 2 aromatic carbocycles. The summed E-state index contributed by atoms with van der Waals surface area (Å²) in [5.41, 5.74) is 3.17. The summed E-state index contributed by atoms with van der Waals surface area (Å²) in [7, 11) is 1.39. The first kappa shape index (κ1) is 23.4. The number of carbonyl (C=O) groups is 1. The molecule has 3 aromatic rings. The van der Waals surface area contributed by atoms with Gasteiger partial charge in [-0.1, -0.05) is 24.3 Å². The van der Waals surface area contributed by atoms with Gasteiger partial charge in [0.15, 0.2) is 10.8 Å². The molecule has 1 aromatic heterocycles. The molecule has 0 bridgehead atoms. The number of hydrogen-bond donors (Lipinski definition) is 1. The summed E-state index contributed by atoms with van der Waals surface area (Å²) in [6, 6.07) is 13.6. The molecule has 0 amide bonds. The zero-order valence-electron chi connectivity index (χ0n) is 16.1. The van der Waals surface area contributed by atoms with Crippen molar-refractivity contribution in [2.45, 2.75) is 6.92 Å². The van der Waals surface area contributed by atoms with Crippen molar-refractivity contribution in [3.8, 4) is 11.3 Å². The lowest BCUT2D eigenvalue weighted by Gasteiger charge is -1.99. The minimum Gasteiger partial charge on any atom is -0.504 e. The van der Waals surface area contributed by atoms with Crippen LogP contribution in [0.1, 0.15) is 16.1 Å². The number of rotatable bonds is 5. The second-order valence-corrected chi connectivity index (χ2v) is 8.19. The second-order valence-electron chi connectivity index (χ2n) is 5.87. The summed E-state index contributed by atoms with van der Waals surface area (Å²) in [6.45, 7) is 1.93. The van der Waals surface area contributed by atoms with E-state index in [-0.39, 0.29) is 5.82 Å². The average molecular weight is 494 g/mol. The van der Waals surface area contributed by atoms with E-state index in [2.05, 4.69) is 25.7 Å². The van der Waals surface area contributed by atoms with Gasteiger partial charge in [-0.05, 0) is 64.3 Å². The van der Waals surface area contributed by atoms with Crippen molar-refractivity contribution in [3.63, 3.8) is 0 Å². The fraction of sp³-hybridized carbons (Fsp3) is 0.0909. The highest BCUT2D eigenvalue weighted by molar-refractivity contribution is 9.11. The van der Waals surface area contributed by atoms with E-state index in [1.165, 1.54) is 36.7 Å². The summed E-state index contributed by atoms with van der Waals surface area (Å²) in [5, 5.41) is 8.17. The first-order valence-electron chi connectivity index (χ1n) is 8.59. The Morgan fingerprint density at radius 1 is 1.20 bits per heavy atom. The largest absolute Gasteiger partial charge is 0.504 e. The van der Waals surface area contributed by atoms with Gasteiger partial charge in [0.05, 0.1) is 28.9 Å². The van der Waals surface area contributed by atoms with Crippen molar-refractivity contribution >= 4 is 45.1 Å². The minimum atomic E-state index is -0.998. The molecule has 0 saturated carbocycles. The third-order valence-corrected chi connectivity index (χ3v) is 5.44. The van der Waals surface area contributed by atoms with Crippen molar-refractivity contribution in [2.75, 3.05) is 7.11 Å². The number of benzene rings is 2. The van der Waals surface area contributed by atoms with Crippen LogP contribution in [-0.4, -0.2) is 23.2 Å². The van der Waals surface area contributed by atoms with E-state index in [0.29, 0.717) is 14.5 Å². The number of nitrogens with zero attached hydrogens (tertiary/aromatic N) is 1. The molecular formula is C22H18BrF2NO3S. The van der Waals surface area contributed by atoms with Crippen molar-refractivity contribution in [1.29, 1.82) is 0 Å². The highest BCUT2D eigenvalue weighted by Crippen LogP contribution is 2.36. The van der Waals surface area contributed by atoms with E-state index < -0.39 is 11.8 Å². The number of ether oxygens (including phenoxy) is 1. The molecule has 8 heteroatoms. The summed E-state index contributed by atoms with van der Waals surface area (Å²) in [6.07, 6.45) is 3.50. The monoisotopic (exact) mass is 493 g/mol. The summed E-state index contributed by atoms with van der Waals surface area (Å²) < 4.78 is 32.5. The Morgan fingerprint density at radius 2 is 1.87 bits per heavy atom. The van der Waals surface area contributed by atoms with Crippen LogP contribution in [0.2, 0.25) is 0 Å². The van der Waals surface area contributed by atoms with Crippen LogP contribution in [0.4, 0.5) is 8.78 Å². The number of hydrogen-bond acceptors (Lipinski definition) is 4. The van der Waals surface area contributed by atoms with Gasteiger partial charge in [0.2, 0.25) is 0 Å². The molecule has 0 unspecified atom stereocenters. The lowest BCUT2D eigenvalue weighted by molar-refractivity contribution is -0.131. The van der Waals surface area contributed by atoms with Gasteiger partial charge in [-0.3, -0.25) is 0 Å². The van der Waals surface area contributed by atoms with Gasteiger partial charge in [-0.15, -0.1) is 11.3 Å². The van der Waals surface area contributed by atoms with Crippen LogP contribution >= 0.6 is 27.3 Å². The highest BCUT2D eigenvalue weighted by Gasteiger charge is 2.14. The van der Waals surface area contributed by atoms with Crippen LogP contribution in [0, 0.1) is 12.7 Å². The first-order valence-corrected chi connectivity index (χ1v) is 10.2. The number of methoxy groups -OCH3 is 1. The Labute approximate surface area is 185 Å². The first-order chi connectivity index (χ1) is 14.3. The highest BCUT2D eigenvalue weighted by atomic mass is 79.9. The van der Waals surface area contributed by atoms with Gasteiger partial charge in [-0.25, -0.2) is 18.6 Å². The minimum absolute atomic E-state index is 0.291. The number of aromatic nitrogens is 1. The van der Waals surface area contributed by atoms with Crippen LogP contribution in [-0.2, 0) is 9.53 Å². The normalized spacial score (nSPS) is 11.2. The van der Waals surface area contributed by atoms with E-state index in [1.54, 1.807) is 12.1 Å². The molecule has 0 spiro atoms. The summed E-state index contributed by atoms with van der Waals surface area (Å²) in [4.78, 5) is 13.9. The molecule has 3 rings (SSSR count). The van der Waals surface area contributed by atoms with Crippen molar-refractivity contribution in [2.24, 2.45) is 0 Å². The fourth-order valence-electron chi connectivity index (χ4n) is 2.26. The zero-order valence-corrected chi connectivity index (χ0v) is 18.5. The van der Waals surface area contributed by atoms with Crippen LogP contribution < -0.4 is 0 Å². The van der Waals surface area contributed by atoms with Crippen LogP contribution in [0.3, 0.4) is 0 Å². The molecule has 1 N–H and O–H groups in total. The van der Waals surface area contributed by atoms with Gasteiger partial charge in [-0.2, -0.15) is 0 Å². The predicted molar refractivity (Wildman–Crippen MR) is 119 cm³/mol. The molecule has 0 fully saturated rings. The number of carboxylic acids is 1. The van der Waals surface area contributed by atoms with E-state index in [9.17, 15) is 13.6 Å². The van der Waals surface area contributed by atoms with Gasteiger partial charge in [0.1, 0.15) is 5.82 Å². The lowest BCUT2D eigenvalue weighted by Crippen LogP contribution is -1.85. The molecule has 0 atom stereocenters. The summed E-state index contributed by atoms with van der Waals surface area (Å²) in [5.74, 6) is -1.70. The van der Waals surface area contributed by atoms with Gasteiger partial charge in [0, 0.05) is 5.56 Å². The quantitative estimate of drug-likeness (QED) is 0.316. The number of aryl methyl sites for hydroxylation is 1. The second kappa shape index (κ2) is 11.4. The molecule has 30 heavy (non-hydrogen) atoms. The van der Waals surface area contributed by atoms with Crippen molar-refractivity contribution < 1.29 is 23.4 Å². The standard InChI is InChI=1S/C18H12BrF2NS.C4H6O3/c1-11-4-2-3-5-13(11)10-15(21)18-22-16(17(19)23-18)12-6-8-14(20)9-7-12;1-7-3-2-4(5)6/h2-10H,1H3;2-3H,1H3,(H,5,6). The Bertz CT molecular complexity index is 1060. The molecule has 1 heterocycles.